The second-order valence-corrected chi connectivity index (χ2v) is 10.4. The van der Waals surface area contributed by atoms with Crippen LogP contribution in [-0.2, 0) is 20.4 Å². The first-order chi connectivity index (χ1) is 12.8. The molecule has 2 aromatic carbocycles. The highest BCUT2D eigenvalue weighted by atomic mass is 35.5. The maximum atomic E-state index is 14.8. The largest absolute Gasteiger partial charge is 0.307 e. The molecule has 28 heavy (non-hydrogen) atoms. The summed E-state index contributed by atoms with van der Waals surface area (Å²) in [6.07, 6.45) is 0. The van der Waals surface area contributed by atoms with Gasteiger partial charge in [-0.2, -0.15) is 0 Å². The molecular weight excluding hydrogens is 401 g/mol. The minimum Gasteiger partial charge on any atom is -0.307 e. The summed E-state index contributed by atoms with van der Waals surface area (Å²) in [6.45, 7) is 8.94. The summed E-state index contributed by atoms with van der Waals surface area (Å²) in [5, 5.41) is 0.437. The maximum Gasteiger partial charge on any atom is 0.232 e. The zero-order chi connectivity index (χ0) is 21.3. The van der Waals surface area contributed by atoms with Crippen molar-refractivity contribution >= 4 is 33.0 Å². The van der Waals surface area contributed by atoms with E-state index in [1.165, 1.54) is 47.4 Å². The first-order valence-corrected chi connectivity index (χ1v) is 11.0. The molecule has 1 amide bonds. The van der Waals surface area contributed by atoms with Crippen LogP contribution in [0.25, 0.3) is 0 Å². The molecule has 0 saturated heterocycles. The highest BCUT2D eigenvalue weighted by Gasteiger charge is 2.31. The second kappa shape index (κ2) is 8.21. The molecule has 0 radical (unpaired) electrons. The van der Waals surface area contributed by atoms with Crippen molar-refractivity contribution < 1.29 is 17.6 Å². The molecule has 2 aromatic rings. The van der Waals surface area contributed by atoms with Crippen LogP contribution in [0.4, 0.5) is 10.1 Å². The van der Waals surface area contributed by atoms with Crippen LogP contribution in [0.5, 0.6) is 0 Å². The Labute approximate surface area is 171 Å². The molecule has 0 spiro atoms. The molecule has 0 aliphatic carbocycles. The number of benzene rings is 2. The molecule has 0 aliphatic heterocycles. The van der Waals surface area contributed by atoms with Crippen LogP contribution in [0, 0.1) is 11.2 Å². The molecule has 0 aliphatic rings. The summed E-state index contributed by atoms with van der Waals surface area (Å²) in [6, 6.07) is 9.77. The number of rotatable bonds is 5. The van der Waals surface area contributed by atoms with E-state index in [1.807, 2.05) is 13.8 Å². The van der Waals surface area contributed by atoms with Crippen molar-refractivity contribution in [2.75, 3.05) is 4.90 Å². The molecule has 0 fully saturated rings. The number of halogens is 2. The molecular formula is C21H25ClFNO3S. The Balaban J connectivity index is 2.35. The zero-order valence-corrected chi connectivity index (χ0v) is 18.2. The minimum absolute atomic E-state index is 0.119. The summed E-state index contributed by atoms with van der Waals surface area (Å²) in [7, 11) is -3.64. The van der Waals surface area contributed by atoms with Crippen molar-refractivity contribution in [2.45, 2.75) is 51.3 Å². The molecule has 7 heteroatoms. The van der Waals surface area contributed by atoms with E-state index in [9.17, 15) is 17.6 Å². The summed E-state index contributed by atoms with van der Waals surface area (Å²) in [5.74, 6) is -1.18. The minimum atomic E-state index is -3.64. The van der Waals surface area contributed by atoms with Gasteiger partial charge in [-0.05, 0) is 55.8 Å². The molecule has 152 valence electrons. The Morgan fingerprint density at radius 2 is 1.68 bits per heavy atom. The lowest BCUT2D eigenvalue weighted by molar-refractivity contribution is -0.126. The second-order valence-electron chi connectivity index (χ2n) is 8.02. The van der Waals surface area contributed by atoms with Crippen LogP contribution in [0.2, 0.25) is 5.02 Å². The fourth-order valence-corrected chi connectivity index (χ4v) is 4.23. The van der Waals surface area contributed by atoms with Gasteiger partial charge in [0, 0.05) is 16.5 Å². The standard InChI is InChI=1S/C21H25ClFNO3S/c1-14(2)24(20(25)21(3,4)5)19-11-6-15(12-18(19)23)13-28(26,27)17-9-7-16(22)8-10-17/h6-12,14H,13H2,1-5H3. The van der Waals surface area contributed by atoms with Crippen molar-refractivity contribution in [1.29, 1.82) is 0 Å². The smallest absolute Gasteiger partial charge is 0.232 e. The fraction of sp³-hybridized carbons (Fsp3) is 0.381. The van der Waals surface area contributed by atoms with Gasteiger partial charge >= 0.3 is 0 Å². The first-order valence-electron chi connectivity index (χ1n) is 8.93. The van der Waals surface area contributed by atoms with Gasteiger partial charge in [-0.3, -0.25) is 4.79 Å². The third-order valence-corrected chi connectivity index (χ3v) is 6.13. The molecule has 0 saturated carbocycles. The zero-order valence-electron chi connectivity index (χ0n) is 16.7. The number of amides is 1. The van der Waals surface area contributed by atoms with Crippen LogP contribution in [0.15, 0.2) is 47.4 Å². The van der Waals surface area contributed by atoms with Gasteiger partial charge in [0.15, 0.2) is 9.84 Å². The Bertz CT molecular complexity index is 964. The van der Waals surface area contributed by atoms with E-state index < -0.39 is 21.1 Å². The van der Waals surface area contributed by atoms with E-state index in [0.717, 1.165) is 0 Å². The van der Waals surface area contributed by atoms with Crippen LogP contribution < -0.4 is 4.90 Å². The normalized spacial score (nSPS) is 12.3. The molecule has 0 atom stereocenters. The lowest BCUT2D eigenvalue weighted by Gasteiger charge is -2.33. The summed E-state index contributed by atoms with van der Waals surface area (Å²) in [5.41, 5.74) is -0.224. The van der Waals surface area contributed by atoms with Gasteiger partial charge in [-0.15, -0.1) is 0 Å². The Hall–Kier alpha value is -1.92. The van der Waals surface area contributed by atoms with Crippen molar-refractivity contribution in [1.82, 2.24) is 0 Å². The third-order valence-electron chi connectivity index (χ3n) is 4.18. The van der Waals surface area contributed by atoms with Crippen molar-refractivity contribution in [3.8, 4) is 0 Å². The number of anilines is 1. The number of nitrogens with zero attached hydrogens (tertiary/aromatic N) is 1. The van der Waals surface area contributed by atoms with Crippen molar-refractivity contribution in [3.63, 3.8) is 0 Å². The topological polar surface area (TPSA) is 54.5 Å². The van der Waals surface area contributed by atoms with Gasteiger partial charge in [-0.1, -0.05) is 38.4 Å². The van der Waals surface area contributed by atoms with E-state index in [0.29, 0.717) is 10.6 Å². The van der Waals surface area contributed by atoms with Crippen LogP contribution in [0.3, 0.4) is 0 Å². The molecule has 4 nitrogen and oxygen atoms in total. The van der Waals surface area contributed by atoms with Gasteiger partial charge in [0.2, 0.25) is 5.91 Å². The number of hydrogen-bond donors (Lipinski definition) is 0. The van der Waals surface area contributed by atoms with E-state index >= 15 is 0 Å². The van der Waals surface area contributed by atoms with Gasteiger partial charge in [0.1, 0.15) is 5.82 Å². The molecule has 0 unspecified atom stereocenters. The molecule has 0 heterocycles. The Morgan fingerprint density at radius 1 is 1.11 bits per heavy atom. The Kier molecular flexibility index (Phi) is 6.56. The summed E-state index contributed by atoms with van der Waals surface area (Å²) < 4.78 is 40.0. The van der Waals surface area contributed by atoms with Crippen LogP contribution in [0.1, 0.15) is 40.2 Å². The molecule has 0 aromatic heterocycles. The number of carbonyl (C=O) groups excluding carboxylic acids is 1. The molecule has 2 rings (SSSR count). The molecule has 0 bridgehead atoms. The molecule has 0 N–H and O–H groups in total. The van der Waals surface area contributed by atoms with Gasteiger partial charge < -0.3 is 4.90 Å². The quantitative estimate of drug-likeness (QED) is 0.658. The first kappa shape index (κ1) is 22.4. The van der Waals surface area contributed by atoms with Crippen LogP contribution in [-0.4, -0.2) is 20.4 Å². The van der Waals surface area contributed by atoms with Crippen LogP contribution >= 0.6 is 11.6 Å². The van der Waals surface area contributed by atoms with Gasteiger partial charge in [-0.25, -0.2) is 12.8 Å². The van der Waals surface area contributed by atoms with E-state index in [1.54, 1.807) is 20.8 Å². The fourth-order valence-electron chi connectivity index (χ4n) is 2.76. The average Bonchev–Trinajstić information content (AvgIpc) is 2.56. The van der Waals surface area contributed by atoms with Gasteiger partial charge in [0.05, 0.1) is 16.3 Å². The SMILES string of the molecule is CC(C)N(C(=O)C(C)(C)C)c1ccc(CS(=O)(=O)c2ccc(Cl)cc2)cc1F. The van der Waals surface area contributed by atoms with Crippen molar-refractivity contribution in [2.24, 2.45) is 5.41 Å². The van der Waals surface area contributed by atoms with E-state index in [4.69, 9.17) is 11.6 Å². The predicted octanol–water partition coefficient (Wildman–Crippen LogP) is 5.24. The predicted molar refractivity (Wildman–Crippen MR) is 111 cm³/mol. The average molecular weight is 426 g/mol. The lowest BCUT2D eigenvalue weighted by Crippen LogP contribution is -2.44. The lowest BCUT2D eigenvalue weighted by atomic mass is 9.93. The van der Waals surface area contributed by atoms with E-state index in [2.05, 4.69) is 0 Å². The summed E-state index contributed by atoms with van der Waals surface area (Å²) in [4.78, 5) is 14.3. The Morgan fingerprint density at radius 3 is 2.14 bits per heavy atom. The monoisotopic (exact) mass is 425 g/mol. The van der Waals surface area contributed by atoms with Crippen molar-refractivity contribution in [3.05, 3.63) is 58.9 Å². The van der Waals surface area contributed by atoms with E-state index in [-0.39, 0.29) is 28.3 Å². The van der Waals surface area contributed by atoms with Gasteiger partial charge in [0.25, 0.3) is 0 Å². The highest BCUT2D eigenvalue weighted by Crippen LogP contribution is 2.29. The highest BCUT2D eigenvalue weighted by molar-refractivity contribution is 7.90. The maximum absolute atomic E-state index is 14.8. The third kappa shape index (κ3) is 5.11. The summed E-state index contributed by atoms with van der Waals surface area (Å²) >= 11 is 5.80. The number of hydrogen-bond acceptors (Lipinski definition) is 3. The number of carbonyl (C=O) groups is 1. The number of sulfone groups is 1.